The van der Waals surface area contributed by atoms with Gasteiger partial charge in [-0.2, -0.15) is 0 Å². The number of sulfonamides is 1. The van der Waals surface area contributed by atoms with Gasteiger partial charge in [0.2, 0.25) is 10.0 Å². The van der Waals surface area contributed by atoms with E-state index in [0.29, 0.717) is 12.1 Å². The molecule has 0 aliphatic heterocycles. The molecule has 14 heavy (non-hydrogen) atoms. The van der Waals surface area contributed by atoms with Gasteiger partial charge in [-0.05, 0) is 17.7 Å². The van der Waals surface area contributed by atoms with Crippen molar-refractivity contribution in [1.82, 2.24) is 0 Å². The molecule has 0 fully saturated rings. The molecule has 5 heteroatoms. The number of carbonyl (C=O) groups excluding carboxylic acids is 1. The zero-order valence-electron chi connectivity index (χ0n) is 7.73. The molecule has 4 nitrogen and oxygen atoms in total. The van der Waals surface area contributed by atoms with Crippen LogP contribution >= 0.6 is 0 Å². The zero-order valence-corrected chi connectivity index (χ0v) is 8.54. The lowest BCUT2D eigenvalue weighted by atomic mass is 10.1. The van der Waals surface area contributed by atoms with Gasteiger partial charge in [-0.1, -0.05) is 12.1 Å². The Kier molecular flexibility index (Phi) is 3.24. The van der Waals surface area contributed by atoms with Gasteiger partial charge in [-0.3, -0.25) is 4.72 Å². The summed E-state index contributed by atoms with van der Waals surface area (Å²) in [6, 6.07) is 6.74. The Morgan fingerprint density at radius 2 is 2.14 bits per heavy atom. The van der Waals surface area contributed by atoms with E-state index in [1.165, 1.54) is 0 Å². The molecule has 0 saturated heterocycles. The van der Waals surface area contributed by atoms with Crippen molar-refractivity contribution in [3.8, 4) is 0 Å². The van der Waals surface area contributed by atoms with Crippen molar-refractivity contribution in [2.45, 2.75) is 6.42 Å². The van der Waals surface area contributed by atoms with Gasteiger partial charge in [0.25, 0.3) is 0 Å². The van der Waals surface area contributed by atoms with Crippen molar-refractivity contribution in [3.63, 3.8) is 0 Å². The normalized spacial score (nSPS) is 10.9. The Morgan fingerprint density at radius 1 is 1.43 bits per heavy atom. The van der Waals surface area contributed by atoms with E-state index in [1.807, 2.05) is 0 Å². The fourth-order valence-corrected chi connectivity index (χ4v) is 1.63. The highest BCUT2D eigenvalue weighted by Crippen LogP contribution is 2.11. The second kappa shape index (κ2) is 4.23. The maximum absolute atomic E-state index is 10.9. The number of anilines is 1. The topological polar surface area (TPSA) is 63.2 Å². The summed E-state index contributed by atoms with van der Waals surface area (Å²) in [6.45, 7) is 0. The Morgan fingerprint density at radius 3 is 2.71 bits per heavy atom. The van der Waals surface area contributed by atoms with E-state index in [1.54, 1.807) is 24.3 Å². The van der Waals surface area contributed by atoms with E-state index in [0.717, 1.165) is 18.1 Å². The van der Waals surface area contributed by atoms with Crippen molar-refractivity contribution in [1.29, 1.82) is 0 Å². The van der Waals surface area contributed by atoms with Gasteiger partial charge in [-0.15, -0.1) is 0 Å². The van der Waals surface area contributed by atoms with Crippen LogP contribution in [0.15, 0.2) is 24.3 Å². The Balaban J connectivity index is 2.88. The summed E-state index contributed by atoms with van der Waals surface area (Å²) in [5, 5.41) is 0. The van der Waals surface area contributed by atoms with Gasteiger partial charge < -0.3 is 4.79 Å². The first-order valence-electron chi connectivity index (χ1n) is 4.01. The average molecular weight is 213 g/mol. The van der Waals surface area contributed by atoms with Crippen LogP contribution in [0.5, 0.6) is 0 Å². The quantitative estimate of drug-likeness (QED) is 0.752. The summed E-state index contributed by atoms with van der Waals surface area (Å²) in [5.41, 5.74) is 1.26. The number of aldehydes is 1. The lowest BCUT2D eigenvalue weighted by Gasteiger charge is -2.04. The SMILES string of the molecule is CS(=O)(=O)Nc1cccc(CC=O)c1. The fraction of sp³-hybridized carbons (Fsp3) is 0.222. The lowest BCUT2D eigenvalue weighted by molar-refractivity contribution is -0.107. The maximum Gasteiger partial charge on any atom is 0.229 e. The van der Waals surface area contributed by atoms with E-state index in [2.05, 4.69) is 4.72 Å². The molecule has 0 aromatic heterocycles. The molecule has 1 aromatic carbocycles. The highest BCUT2D eigenvalue weighted by molar-refractivity contribution is 7.92. The van der Waals surface area contributed by atoms with E-state index < -0.39 is 10.0 Å². The van der Waals surface area contributed by atoms with E-state index >= 15 is 0 Å². The molecule has 1 N–H and O–H groups in total. The molecule has 0 saturated carbocycles. The highest BCUT2D eigenvalue weighted by Gasteiger charge is 2.01. The summed E-state index contributed by atoms with van der Waals surface area (Å²) in [5.74, 6) is 0. The maximum atomic E-state index is 10.9. The third kappa shape index (κ3) is 3.57. The number of carbonyl (C=O) groups is 1. The number of nitrogens with one attached hydrogen (secondary N) is 1. The standard InChI is InChI=1S/C9H11NO3S/c1-14(12,13)10-9-4-2-3-8(7-9)5-6-11/h2-4,6-7,10H,5H2,1H3. The van der Waals surface area contributed by atoms with E-state index in [4.69, 9.17) is 0 Å². The average Bonchev–Trinajstić information content (AvgIpc) is 2.02. The first-order chi connectivity index (χ1) is 6.51. The predicted octanol–water partition coefficient (Wildman–Crippen LogP) is 0.800. The van der Waals surface area contributed by atoms with Crippen molar-refractivity contribution in [2.24, 2.45) is 0 Å². The van der Waals surface area contributed by atoms with Gasteiger partial charge in [-0.25, -0.2) is 8.42 Å². The van der Waals surface area contributed by atoms with Crippen LogP contribution in [-0.4, -0.2) is 21.0 Å². The smallest absolute Gasteiger partial charge is 0.229 e. The van der Waals surface area contributed by atoms with E-state index in [9.17, 15) is 13.2 Å². The monoisotopic (exact) mass is 213 g/mol. The van der Waals surface area contributed by atoms with Gasteiger partial charge >= 0.3 is 0 Å². The first kappa shape index (κ1) is 10.7. The van der Waals surface area contributed by atoms with Crippen LogP contribution in [-0.2, 0) is 21.2 Å². The van der Waals surface area contributed by atoms with Crippen molar-refractivity contribution >= 4 is 22.0 Å². The molecule has 0 spiro atoms. The molecule has 76 valence electrons. The highest BCUT2D eigenvalue weighted by atomic mass is 32.2. The molecule has 1 rings (SSSR count). The third-order valence-electron chi connectivity index (χ3n) is 1.55. The first-order valence-corrected chi connectivity index (χ1v) is 5.91. The Labute approximate surface area is 83.0 Å². The van der Waals surface area contributed by atoms with Crippen molar-refractivity contribution < 1.29 is 13.2 Å². The number of rotatable bonds is 4. The molecule has 0 unspecified atom stereocenters. The molecule has 0 atom stereocenters. The van der Waals surface area contributed by atoms with Crippen LogP contribution in [0.1, 0.15) is 5.56 Å². The summed E-state index contributed by atoms with van der Waals surface area (Å²) < 4.78 is 24.1. The largest absolute Gasteiger partial charge is 0.303 e. The van der Waals surface area contributed by atoms with Crippen LogP contribution in [0.3, 0.4) is 0 Å². The summed E-state index contributed by atoms with van der Waals surface area (Å²) in [7, 11) is -3.25. The van der Waals surface area contributed by atoms with E-state index in [-0.39, 0.29) is 0 Å². The van der Waals surface area contributed by atoms with Gasteiger partial charge in [0.15, 0.2) is 0 Å². The summed E-state index contributed by atoms with van der Waals surface area (Å²) >= 11 is 0. The van der Waals surface area contributed by atoms with Gasteiger partial charge in [0, 0.05) is 12.1 Å². The zero-order chi connectivity index (χ0) is 10.6. The number of hydrogen-bond acceptors (Lipinski definition) is 3. The van der Waals surface area contributed by atoms with Crippen LogP contribution in [0.25, 0.3) is 0 Å². The second-order valence-corrected chi connectivity index (χ2v) is 4.69. The molecule has 0 radical (unpaired) electrons. The van der Waals surface area contributed by atoms with Crippen LogP contribution in [0, 0.1) is 0 Å². The lowest BCUT2D eigenvalue weighted by Crippen LogP contribution is -2.09. The molecule has 0 aliphatic carbocycles. The van der Waals surface area contributed by atoms with Crippen LogP contribution in [0.2, 0.25) is 0 Å². The number of benzene rings is 1. The molecular weight excluding hydrogens is 202 g/mol. The molecule has 0 aliphatic rings. The summed E-state index contributed by atoms with van der Waals surface area (Å²) in [6.07, 6.45) is 2.15. The van der Waals surface area contributed by atoms with Crippen LogP contribution in [0.4, 0.5) is 5.69 Å². The predicted molar refractivity (Wildman–Crippen MR) is 54.7 cm³/mol. The minimum atomic E-state index is -3.25. The van der Waals surface area contributed by atoms with Gasteiger partial charge in [0.05, 0.1) is 6.26 Å². The molecule has 1 aromatic rings. The summed E-state index contributed by atoms with van der Waals surface area (Å²) in [4.78, 5) is 10.2. The Hall–Kier alpha value is -1.36. The van der Waals surface area contributed by atoms with Crippen molar-refractivity contribution in [3.05, 3.63) is 29.8 Å². The number of hydrogen-bond donors (Lipinski definition) is 1. The molecule has 0 bridgehead atoms. The van der Waals surface area contributed by atoms with Gasteiger partial charge in [0.1, 0.15) is 6.29 Å². The minimum absolute atomic E-state index is 0.291. The van der Waals surface area contributed by atoms with Crippen molar-refractivity contribution in [2.75, 3.05) is 11.0 Å². The minimum Gasteiger partial charge on any atom is -0.303 e. The third-order valence-corrected chi connectivity index (χ3v) is 2.16. The fourth-order valence-electron chi connectivity index (χ4n) is 1.07. The molecule has 0 amide bonds. The Bertz CT molecular complexity index is 425. The molecule has 0 heterocycles. The van der Waals surface area contributed by atoms with Crippen LogP contribution < -0.4 is 4.72 Å². The second-order valence-electron chi connectivity index (χ2n) is 2.95. The molecular formula is C9H11NO3S.